The van der Waals surface area contributed by atoms with E-state index in [1.165, 1.54) is 0 Å². The number of carbonyl (C=O) groups is 1. The fourth-order valence-corrected chi connectivity index (χ4v) is 2.57. The molecular formula is C13H16N6O. The van der Waals surface area contributed by atoms with E-state index in [2.05, 4.69) is 15.1 Å². The van der Waals surface area contributed by atoms with Gasteiger partial charge in [-0.15, -0.1) is 0 Å². The van der Waals surface area contributed by atoms with Crippen LogP contribution in [0.2, 0.25) is 0 Å². The molecule has 3 rings (SSSR count). The summed E-state index contributed by atoms with van der Waals surface area (Å²) in [7, 11) is 1.80. The first-order chi connectivity index (χ1) is 9.65. The molecule has 2 aromatic heterocycles. The average molecular weight is 272 g/mol. The third kappa shape index (κ3) is 2.22. The van der Waals surface area contributed by atoms with E-state index in [4.69, 9.17) is 5.73 Å². The number of likely N-dealkylation sites (tertiary alicyclic amines) is 1. The largest absolute Gasteiger partial charge is 0.368 e. The number of aromatic nitrogens is 4. The second-order valence-corrected chi connectivity index (χ2v) is 4.87. The van der Waals surface area contributed by atoms with E-state index in [-0.39, 0.29) is 17.9 Å². The van der Waals surface area contributed by atoms with Crippen LogP contribution in [0.25, 0.3) is 0 Å². The minimum Gasteiger partial charge on any atom is -0.368 e. The van der Waals surface area contributed by atoms with Crippen LogP contribution >= 0.6 is 0 Å². The molecule has 1 aliphatic heterocycles. The molecule has 7 heteroatoms. The number of hydrogen-bond acceptors (Lipinski definition) is 5. The van der Waals surface area contributed by atoms with E-state index in [1.54, 1.807) is 30.2 Å². The highest BCUT2D eigenvalue weighted by atomic mass is 16.2. The third-order valence-electron chi connectivity index (χ3n) is 3.48. The summed E-state index contributed by atoms with van der Waals surface area (Å²) in [6.45, 7) is 0.712. The summed E-state index contributed by atoms with van der Waals surface area (Å²) in [5.74, 6) is 0.171. The van der Waals surface area contributed by atoms with Crippen molar-refractivity contribution in [1.82, 2.24) is 24.6 Å². The Morgan fingerprint density at radius 1 is 1.45 bits per heavy atom. The minimum atomic E-state index is -0.0646. The number of nitrogens with two attached hydrogens (primary N) is 1. The quantitative estimate of drug-likeness (QED) is 0.872. The van der Waals surface area contributed by atoms with Gasteiger partial charge in [-0.2, -0.15) is 5.10 Å². The lowest BCUT2D eigenvalue weighted by Gasteiger charge is -2.23. The van der Waals surface area contributed by atoms with E-state index < -0.39 is 0 Å². The maximum atomic E-state index is 12.5. The molecular weight excluding hydrogens is 256 g/mol. The molecule has 20 heavy (non-hydrogen) atoms. The maximum Gasteiger partial charge on any atom is 0.274 e. The molecule has 7 nitrogen and oxygen atoms in total. The zero-order valence-electron chi connectivity index (χ0n) is 11.2. The van der Waals surface area contributed by atoms with Crippen molar-refractivity contribution in [3.63, 3.8) is 0 Å². The van der Waals surface area contributed by atoms with Gasteiger partial charge >= 0.3 is 0 Å². The molecule has 1 saturated heterocycles. The molecule has 1 amide bonds. The Morgan fingerprint density at radius 3 is 3.00 bits per heavy atom. The molecule has 104 valence electrons. The zero-order valence-corrected chi connectivity index (χ0v) is 11.2. The molecule has 3 heterocycles. The summed E-state index contributed by atoms with van der Waals surface area (Å²) >= 11 is 0. The van der Waals surface area contributed by atoms with Gasteiger partial charge in [0, 0.05) is 26.0 Å². The van der Waals surface area contributed by atoms with Crippen molar-refractivity contribution in [3.05, 3.63) is 35.9 Å². The Kier molecular flexibility index (Phi) is 3.09. The molecule has 1 aliphatic rings. The van der Waals surface area contributed by atoms with E-state index in [1.807, 2.05) is 11.0 Å². The Labute approximate surface area is 116 Å². The van der Waals surface area contributed by atoms with E-state index in [0.717, 1.165) is 18.5 Å². The summed E-state index contributed by atoms with van der Waals surface area (Å²) in [6.07, 6.45) is 5.22. The molecule has 0 unspecified atom stereocenters. The van der Waals surface area contributed by atoms with Crippen molar-refractivity contribution in [2.24, 2.45) is 7.05 Å². The van der Waals surface area contributed by atoms with Gasteiger partial charge < -0.3 is 10.6 Å². The number of hydrogen-bond donors (Lipinski definition) is 1. The molecule has 0 bridgehead atoms. The van der Waals surface area contributed by atoms with Crippen LogP contribution in [0.15, 0.2) is 24.5 Å². The van der Waals surface area contributed by atoms with Crippen LogP contribution in [0, 0.1) is 0 Å². The second kappa shape index (κ2) is 4.92. The fraction of sp³-hybridized carbons (Fsp3) is 0.385. The number of rotatable bonds is 2. The Balaban J connectivity index is 1.87. The van der Waals surface area contributed by atoms with Gasteiger partial charge in [-0.1, -0.05) is 0 Å². The third-order valence-corrected chi connectivity index (χ3v) is 3.48. The van der Waals surface area contributed by atoms with Gasteiger partial charge in [-0.3, -0.25) is 9.48 Å². The normalized spacial score (nSPS) is 18.4. The second-order valence-electron chi connectivity index (χ2n) is 4.87. The predicted octanol–water partition coefficient (Wildman–Crippen LogP) is 0.770. The molecule has 2 N–H and O–H groups in total. The van der Waals surface area contributed by atoms with Gasteiger partial charge in [-0.05, 0) is 25.0 Å². The number of amides is 1. The van der Waals surface area contributed by atoms with Gasteiger partial charge in [-0.25, -0.2) is 9.97 Å². The number of carbonyl (C=O) groups excluding carboxylic acids is 1. The first kappa shape index (κ1) is 12.6. The van der Waals surface area contributed by atoms with Gasteiger partial charge in [0.25, 0.3) is 5.91 Å². The first-order valence-corrected chi connectivity index (χ1v) is 6.54. The molecule has 0 saturated carbocycles. The first-order valence-electron chi connectivity index (χ1n) is 6.54. The van der Waals surface area contributed by atoms with Crippen LogP contribution in [0.5, 0.6) is 0 Å². The van der Waals surface area contributed by atoms with Crippen LogP contribution in [0.4, 0.5) is 5.95 Å². The summed E-state index contributed by atoms with van der Waals surface area (Å²) in [6, 6.07) is 3.49. The molecule has 0 spiro atoms. The van der Waals surface area contributed by atoms with Gasteiger partial charge in [0.05, 0.1) is 11.7 Å². The number of aryl methyl sites for hydroxylation is 1. The van der Waals surface area contributed by atoms with Crippen LogP contribution in [0.3, 0.4) is 0 Å². The lowest BCUT2D eigenvalue weighted by atomic mass is 10.1. The minimum absolute atomic E-state index is 0.0465. The summed E-state index contributed by atoms with van der Waals surface area (Å²) < 4.78 is 1.63. The molecule has 0 aliphatic carbocycles. The van der Waals surface area contributed by atoms with Gasteiger partial charge in [0.1, 0.15) is 5.69 Å². The van der Waals surface area contributed by atoms with E-state index in [9.17, 15) is 4.79 Å². The van der Waals surface area contributed by atoms with Crippen LogP contribution in [0.1, 0.15) is 35.1 Å². The zero-order chi connectivity index (χ0) is 14.1. The Morgan fingerprint density at radius 2 is 2.30 bits per heavy atom. The van der Waals surface area contributed by atoms with Crippen molar-refractivity contribution in [2.75, 3.05) is 12.3 Å². The van der Waals surface area contributed by atoms with E-state index >= 15 is 0 Å². The maximum absolute atomic E-state index is 12.5. The van der Waals surface area contributed by atoms with Gasteiger partial charge in [0.15, 0.2) is 0 Å². The SMILES string of the molecule is Cn1ccc(C(=O)N2CCC[C@H]2c2ccnc(N)n2)n1. The van der Waals surface area contributed by atoms with Crippen molar-refractivity contribution in [1.29, 1.82) is 0 Å². The topological polar surface area (TPSA) is 89.9 Å². The Hall–Kier alpha value is -2.44. The summed E-state index contributed by atoms with van der Waals surface area (Å²) in [5.41, 5.74) is 6.87. The smallest absolute Gasteiger partial charge is 0.274 e. The molecule has 0 radical (unpaired) electrons. The summed E-state index contributed by atoms with van der Waals surface area (Å²) in [4.78, 5) is 22.4. The average Bonchev–Trinajstić information content (AvgIpc) is 3.06. The highest BCUT2D eigenvalue weighted by Gasteiger charge is 2.32. The lowest BCUT2D eigenvalue weighted by Crippen LogP contribution is -2.31. The molecule has 2 aromatic rings. The van der Waals surface area contributed by atoms with Crippen molar-refractivity contribution in [3.8, 4) is 0 Å². The van der Waals surface area contributed by atoms with Gasteiger partial charge in [0.2, 0.25) is 5.95 Å². The monoisotopic (exact) mass is 272 g/mol. The predicted molar refractivity (Wildman–Crippen MR) is 72.7 cm³/mol. The van der Waals surface area contributed by atoms with Crippen LogP contribution in [-0.2, 0) is 7.05 Å². The number of nitrogens with zero attached hydrogens (tertiary/aromatic N) is 5. The Bertz CT molecular complexity index is 637. The van der Waals surface area contributed by atoms with Crippen LogP contribution in [-0.4, -0.2) is 37.1 Å². The van der Waals surface area contributed by atoms with E-state index in [0.29, 0.717) is 12.2 Å². The lowest BCUT2D eigenvalue weighted by molar-refractivity contribution is 0.0726. The number of nitrogen functional groups attached to an aromatic ring is 1. The number of anilines is 1. The molecule has 1 fully saturated rings. The molecule has 1 atom stereocenters. The van der Waals surface area contributed by atoms with Crippen LogP contribution < -0.4 is 5.73 Å². The van der Waals surface area contributed by atoms with Crippen molar-refractivity contribution < 1.29 is 4.79 Å². The summed E-state index contributed by atoms with van der Waals surface area (Å²) in [5, 5.41) is 4.17. The standard InChI is InChI=1S/C13H16N6O/c1-18-8-5-10(17-18)12(20)19-7-2-3-11(19)9-4-6-15-13(14)16-9/h4-6,8,11H,2-3,7H2,1H3,(H2,14,15,16)/t11-/m0/s1. The van der Waals surface area contributed by atoms with Crippen molar-refractivity contribution in [2.45, 2.75) is 18.9 Å². The fourth-order valence-electron chi connectivity index (χ4n) is 2.57. The highest BCUT2D eigenvalue weighted by molar-refractivity contribution is 5.92. The van der Waals surface area contributed by atoms with Crippen molar-refractivity contribution >= 4 is 11.9 Å². The molecule has 0 aromatic carbocycles. The highest BCUT2D eigenvalue weighted by Crippen LogP contribution is 2.31.